The molecule has 1 N–H and O–H groups in total. The fourth-order valence-electron chi connectivity index (χ4n) is 2.12. The number of anilines is 1. The highest BCUT2D eigenvalue weighted by Crippen LogP contribution is 2.21. The molecule has 1 aromatic rings. The van der Waals surface area contributed by atoms with Crippen LogP contribution in [0.3, 0.4) is 0 Å². The van der Waals surface area contributed by atoms with E-state index in [0.29, 0.717) is 6.04 Å². The van der Waals surface area contributed by atoms with Crippen LogP contribution in [0.25, 0.3) is 0 Å². The van der Waals surface area contributed by atoms with Gasteiger partial charge in [0.05, 0.1) is 0 Å². The van der Waals surface area contributed by atoms with Crippen molar-refractivity contribution in [1.29, 1.82) is 0 Å². The second-order valence-corrected chi connectivity index (χ2v) is 5.21. The molecule has 1 heterocycles. The molecule has 2 rings (SSSR count). The van der Waals surface area contributed by atoms with Gasteiger partial charge in [0.25, 0.3) is 0 Å². The average molecular weight is 316 g/mol. The van der Waals surface area contributed by atoms with E-state index in [4.69, 9.17) is 0 Å². The van der Waals surface area contributed by atoms with E-state index in [-0.39, 0.29) is 0 Å². The minimum atomic E-state index is 0.674. The molecule has 15 heavy (non-hydrogen) atoms. The number of nitrogens with zero attached hydrogens (tertiary/aromatic N) is 1. The zero-order valence-corrected chi connectivity index (χ0v) is 11.2. The third-order valence-electron chi connectivity index (χ3n) is 2.85. The number of halogens is 1. The molecular formula is C12H17IN2. The minimum absolute atomic E-state index is 0.674. The molecule has 0 aromatic heterocycles. The van der Waals surface area contributed by atoms with Crippen LogP contribution in [0.4, 0.5) is 5.69 Å². The van der Waals surface area contributed by atoms with Gasteiger partial charge in [-0.1, -0.05) is 13.0 Å². The lowest BCUT2D eigenvalue weighted by atomic mass is 10.2. The van der Waals surface area contributed by atoms with E-state index in [1.165, 1.54) is 22.2 Å². The first-order valence-corrected chi connectivity index (χ1v) is 6.61. The van der Waals surface area contributed by atoms with Crippen LogP contribution in [-0.4, -0.2) is 25.7 Å². The highest BCUT2D eigenvalue weighted by atomic mass is 127. The third-order valence-corrected chi connectivity index (χ3v) is 3.53. The molecule has 1 aliphatic rings. The van der Waals surface area contributed by atoms with E-state index in [1.807, 2.05) is 0 Å². The van der Waals surface area contributed by atoms with Crippen LogP contribution in [0.1, 0.15) is 13.3 Å². The second kappa shape index (κ2) is 5.16. The zero-order chi connectivity index (χ0) is 10.7. The fraction of sp³-hybridized carbons (Fsp3) is 0.500. The Bertz CT molecular complexity index is 327. The lowest BCUT2D eigenvalue weighted by molar-refractivity contribution is 0.572. The van der Waals surface area contributed by atoms with Crippen LogP contribution in [-0.2, 0) is 0 Å². The normalized spacial score (nSPS) is 20.9. The molecule has 0 spiro atoms. The van der Waals surface area contributed by atoms with Crippen molar-refractivity contribution in [2.45, 2.75) is 19.4 Å². The summed E-state index contributed by atoms with van der Waals surface area (Å²) >= 11 is 2.37. The van der Waals surface area contributed by atoms with Crippen LogP contribution < -0.4 is 10.2 Å². The standard InChI is InChI=1S/C12H17IN2/c1-2-14-11-6-7-15(9-11)12-5-3-4-10(13)8-12/h3-5,8,11,14H,2,6-7,9H2,1H3. The lowest BCUT2D eigenvalue weighted by Crippen LogP contribution is -2.32. The first-order valence-electron chi connectivity index (χ1n) is 5.53. The van der Waals surface area contributed by atoms with Crippen LogP contribution in [0.2, 0.25) is 0 Å². The summed E-state index contributed by atoms with van der Waals surface area (Å²) in [4.78, 5) is 2.47. The predicted molar refractivity (Wildman–Crippen MR) is 73.5 cm³/mol. The first kappa shape index (κ1) is 11.2. The van der Waals surface area contributed by atoms with Crippen LogP contribution in [0.5, 0.6) is 0 Å². The first-order chi connectivity index (χ1) is 7.29. The van der Waals surface area contributed by atoms with Gasteiger partial charge in [0.2, 0.25) is 0 Å². The molecule has 1 saturated heterocycles. The van der Waals surface area contributed by atoms with Crippen molar-refractivity contribution in [3.05, 3.63) is 27.8 Å². The third kappa shape index (κ3) is 2.84. The van der Waals surface area contributed by atoms with E-state index >= 15 is 0 Å². The van der Waals surface area contributed by atoms with Gasteiger partial charge in [0, 0.05) is 28.4 Å². The lowest BCUT2D eigenvalue weighted by Gasteiger charge is -2.19. The summed E-state index contributed by atoms with van der Waals surface area (Å²) in [5.41, 5.74) is 1.36. The zero-order valence-electron chi connectivity index (χ0n) is 9.04. The second-order valence-electron chi connectivity index (χ2n) is 3.97. The number of benzene rings is 1. The smallest absolute Gasteiger partial charge is 0.0377 e. The topological polar surface area (TPSA) is 15.3 Å². The van der Waals surface area contributed by atoms with E-state index < -0.39 is 0 Å². The summed E-state index contributed by atoms with van der Waals surface area (Å²) in [6, 6.07) is 9.41. The molecular weight excluding hydrogens is 299 g/mol. The Morgan fingerprint density at radius 3 is 3.13 bits per heavy atom. The Morgan fingerprint density at radius 2 is 2.40 bits per heavy atom. The number of nitrogens with one attached hydrogen (secondary N) is 1. The summed E-state index contributed by atoms with van der Waals surface area (Å²) in [6.45, 7) is 5.57. The summed E-state index contributed by atoms with van der Waals surface area (Å²) in [5.74, 6) is 0. The maximum Gasteiger partial charge on any atom is 0.0377 e. The Morgan fingerprint density at radius 1 is 1.53 bits per heavy atom. The van der Waals surface area contributed by atoms with Gasteiger partial charge < -0.3 is 10.2 Å². The largest absolute Gasteiger partial charge is 0.370 e. The van der Waals surface area contributed by atoms with Crippen molar-refractivity contribution in [2.24, 2.45) is 0 Å². The van der Waals surface area contributed by atoms with Gasteiger partial charge >= 0.3 is 0 Å². The Hall–Kier alpha value is -0.290. The molecule has 1 unspecified atom stereocenters. The molecule has 0 saturated carbocycles. The maximum atomic E-state index is 3.52. The Labute approximate surface area is 105 Å². The van der Waals surface area contributed by atoms with Gasteiger partial charge in [-0.2, -0.15) is 0 Å². The number of likely N-dealkylation sites (N-methyl/N-ethyl adjacent to an activating group) is 1. The summed E-state index contributed by atoms with van der Waals surface area (Å²) in [7, 11) is 0. The average Bonchev–Trinajstić information content (AvgIpc) is 2.67. The van der Waals surface area contributed by atoms with Crippen molar-refractivity contribution in [2.75, 3.05) is 24.5 Å². The van der Waals surface area contributed by atoms with Crippen molar-refractivity contribution in [3.8, 4) is 0 Å². The van der Waals surface area contributed by atoms with E-state index in [0.717, 1.165) is 13.1 Å². The molecule has 1 aromatic carbocycles. The Balaban J connectivity index is 2.01. The summed E-state index contributed by atoms with van der Waals surface area (Å²) < 4.78 is 1.32. The minimum Gasteiger partial charge on any atom is -0.370 e. The van der Waals surface area contributed by atoms with Crippen molar-refractivity contribution in [3.63, 3.8) is 0 Å². The predicted octanol–water partition coefficient (Wildman–Crippen LogP) is 2.48. The maximum absolute atomic E-state index is 3.52. The Kier molecular flexibility index (Phi) is 3.86. The van der Waals surface area contributed by atoms with Gasteiger partial charge in [0.1, 0.15) is 0 Å². The number of rotatable bonds is 3. The molecule has 0 bridgehead atoms. The van der Waals surface area contributed by atoms with E-state index in [2.05, 4.69) is 64.0 Å². The number of hydrogen-bond donors (Lipinski definition) is 1. The molecule has 0 radical (unpaired) electrons. The van der Waals surface area contributed by atoms with Crippen LogP contribution in [0.15, 0.2) is 24.3 Å². The van der Waals surface area contributed by atoms with Gasteiger partial charge in [0.15, 0.2) is 0 Å². The molecule has 2 nitrogen and oxygen atoms in total. The highest BCUT2D eigenvalue weighted by Gasteiger charge is 2.21. The van der Waals surface area contributed by atoms with Gasteiger partial charge in [-0.05, 0) is 53.8 Å². The highest BCUT2D eigenvalue weighted by molar-refractivity contribution is 14.1. The molecule has 0 amide bonds. The molecule has 3 heteroatoms. The van der Waals surface area contributed by atoms with Crippen molar-refractivity contribution in [1.82, 2.24) is 5.32 Å². The van der Waals surface area contributed by atoms with Crippen LogP contribution >= 0.6 is 22.6 Å². The monoisotopic (exact) mass is 316 g/mol. The van der Waals surface area contributed by atoms with Crippen LogP contribution in [0, 0.1) is 3.57 Å². The quantitative estimate of drug-likeness (QED) is 0.862. The molecule has 1 aliphatic heterocycles. The van der Waals surface area contributed by atoms with E-state index in [9.17, 15) is 0 Å². The summed E-state index contributed by atoms with van der Waals surface area (Å²) in [6.07, 6.45) is 1.26. The molecule has 1 fully saturated rings. The SMILES string of the molecule is CCNC1CCN(c2cccc(I)c2)C1. The van der Waals surface area contributed by atoms with Gasteiger partial charge in [-0.25, -0.2) is 0 Å². The van der Waals surface area contributed by atoms with Crippen molar-refractivity contribution >= 4 is 28.3 Å². The van der Waals surface area contributed by atoms with Gasteiger partial charge in [-0.3, -0.25) is 0 Å². The van der Waals surface area contributed by atoms with Gasteiger partial charge in [-0.15, -0.1) is 0 Å². The fourth-order valence-corrected chi connectivity index (χ4v) is 2.65. The van der Waals surface area contributed by atoms with Crippen molar-refractivity contribution < 1.29 is 0 Å². The number of hydrogen-bond acceptors (Lipinski definition) is 2. The van der Waals surface area contributed by atoms with E-state index in [1.54, 1.807) is 0 Å². The molecule has 0 aliphatic carbocycles. The summed E-state index contributed by atoms with van der Waals surface area (Å²) in [5, 5.41) is 3.52. The molecule has 82 valence electrons. The molecule has 1 atom stereocenters.